The van der Waals surface area contributed by atoms with Gasteiger partial charge in [-0.15, -0.1) is 0 Å². The molecule has 0 unspecified atom stereocenters. The molecule has 0 saturated carbocycles. The lowest BCUT2D eigenvalue weighted by atomic mass is 9.85. The van der Waals surface area contributed by atoms with Crippen molar-refractivity contribution in [3.63, 3.8) is 0 Å². The molecule has 0 bridgehead atoms. The van der Waals surface area contributed by atoms with Gasteiger partial charge in [0, 0.05) is 17.0 Å². The lowest BCUT2D eigenvalue weighted by Crippen LogP contribution is -2.32. The van der Waals surface area contributed by atoms with E-state index in [0.717, 1.165) is 24.3 Å². The Kier molecular flexibility index (Phi) is 5.33. The fourth-order valence-corrected chi connectivity index (χ4v) is 6.22. The highest BCUT2D eigenvalue weighted by Crippen LogP contribution is 2.52. The van der Waals surface area contributed by atoms with Crippen molar-refractivity contribution < 1.29 is 9.30 Å². The molecule has 0 spiro atoms. The molecule has 2 nitrogen and oxygen atoms in total. The van der Waals surface area contributed by atoms with Gasteiger partial charge in [-0.25, -0.2) is 4.57 Å². The number of hydrogen-bond donors (Lipinski definition) is 0. The van der Waals surface area contributed by atoms with E-state index < -0.39 is 0 Å². The molecule has 1 aromatic heterocycles. The maximum atomic E-state index is 6.97. The van der Waals surface area contributed by atoms with Gasteiger partial charge in [0.1, 0.15) is 18.5 Å². The first-order valence-corrected chi connectivity index (χ1v) is 13.3. The Bertz CT molecular complexity index is 1690. The molecule has 1 aliphatic rings. The van der Waals surface area contributed by atoms with Gasteiger partial charge in [0.05, 0.1) is 10.9 Å². The third-order valence-electron chi connectivity index (χ3n) is 7.75. The summed E-state index contributed by atoms with van der Waals surface area (Å²) < 4.78 is 9.26. The Balaban J connectivity index is 1.74. The molecular weight excluding hydrogens is 438 g/mol. The minimum absolute atomic E-state index is 0.533. The average Bonchev–Trinajstić information content (AvgIpc) is 2.82. The average molecular weight is 475 g/mol. The number of pyridine rings is 1. The molecule has 1 aliphatic heterocycles. The zero-order valence-corrected chi connectivity index (χ0v) is 22.6. The van der Waals surface area contributed by atoms with E-state index in [0.29, 0.717) is 11.8 Å². The third kappa shape index (κ3) is 3.50. The molecule has 0 atom stereocenters. The van der Waals surface area contributed by atoms with Crippen LogP contribution in [0.2, 0.25) is 0 Å². The van der Waals surface area contributed by atoms with Crippen LogP contribution in [-0.2, 0) is 19.9 Å². The van der Waals surface area contributed by atoms with E-state index in [2.05, 4.69) is 108 Å². The van der Waals surface area contributed by atoms with Crippen molar-refractivity contribution in [2.75, 3.05) is 0 Å². The van der Waals surface area contributed by atoms with Gasteiger partial charge < -0.3 is 4.74 Å². The van der Waals surface area contributed by atoms with Crippen molar-refractivity contribution in [3.05, 3.63) is 77.0 Å². The zero-order valence-electron chi connectivity index (χ0n) is 22.6. The Hall–Kier alpha value is -3.39. The number of nitrogens with zero attached hydrogens (tertiary/aromatic N) is 1. The summed E-state index contributed by atoms with van der Waals surface area (Å²) in [6.07, 6.45) is 4.30. The molecule has 182 valence electrons. The first-order valence-electron chi connectivity index (χ1n) is 13.3. The highest BCUT2D eigenvalue weighted by molar-refractivity contribution is 6.16. The lowest BCUT2D eigenvalue weighted by molar-refractivity contribution is -0.659. The monoisotopic (exact) mass is 474 g/mol. The second-order valence-electron chi connectivity index (χ2n) is 11.6. The van der Waals surface area contributed by atoms with Gasteiger partial charge in [0.25, 0.3) is 0 Å². The number of aromatic nitrogens is 1. The summed E-state index contributed by atoms with van der Waals surface area (Å²) in [5.41, 5.74) is 7.83. The van der Waals surface area contributed by atoms with Crippen LogP contribution in [0.15, 0.2) is 54.7 Å². The smallest absolute Gasteiger partial charge is 0.228 e. The van der Waals surface area contributed by atoms with Crippen molar-refractivity contribution in [1.82, 2.24) is 0 Å². The summed E-state index contributed by atoms with van der Waals surface area (Å²) in [5.74, 6) is 3.19. The molecule has 2 heterocycles. The summed E-state index contributed by atoms with van der Waals surface area (Å²) in [6, 6.07) is 18.4. The van der Waals surface area contributed by atoms with Gasteiger partial charge >= 0.3 is 0 Å². The molecule has 0 fully saturated rings. The van der Waals surface area contributed by atoms with E-state index in [1.807, 2.05) is 0 Å². The standard InChI is InChI=1S/C34H36NO/c1-19(2)14-23-9-11-25-24(17-23)18-30-32-27(25)12-13-35(7)33(32)31-22(6)28-16-21(5)8-10-26(28)29(15-20(3)4)34(31)36-30/h8-13,16-20H,14-15H2,1-7H3/q+1. The van der Waals surface area contributed by atoms with Gasteiger partial charge in [0.15, 0.2) is 6.20 Å². The maximum Gasteiger partial charge on any atom is 0.228 e. The summed E-state index contributed by atoms with van der Waals surface area (Å²) in [5, 5.41) is 7.72. The molecule has 0 radical (unpaired) electrons. The highest BCUT2D eigenvalue weighted by atomic mass is 16.5. The molecule has 6 rings (SSSR count). The van der Waals surface area contributed by atoms with Crippen LogP contribution in [-0.4, -0.2) is 0 Å². The first kappa shape index (κ1) is 23.0. The molecule has 0 N–H and O–H groups in total. The van der Waals surface area contributed by atoms with Crippen LogP contribution < -0.4 is 9.30 Å². The van der Waals surface area contributed by atoms with Crippen molar-refractivity contribution in [2.45, 2.75) is 54.4 Å². The topological polar surface area (TPSA) is 13.1 Å². The third-order valence-corrected chi connectivity index (χ3v) is 7.75. The second-order valence-corrected chi connectivity index (χ2v) is 11.6. The van der Waals surface area contributed by atoms with Crippen molar-refractivity contribution in [3.8, 4) is 22.8 Å². The van der Waals surface area contributed by atoms with E-state index in [1.165, 1.54) is 65.8 Å². The Morgan fingerprint density at radius 3 is 2.28 bits per heavy atom. The molecular formula is C34H36NO+. The number of rotatable bonds is 4. The first-order chi connectivity index (χ1) is 17.2. The predicted molar refractivity (Wildman–Crippen MR) is 152 cm³/mol. The van der Waals surface area contributed by atoms with Crippen molar-refractivity contribution in [2.24, 2.45) is 18.9 Å². The summed E-state index contributed by atoms with van der Waals surface area (Å²) in [7, 11) is 2.17. The highest BCUT2D eigenvalue weighted by Gasteiger charge is 2.33. The van der Waals surface area contributed by atoms with Crippen LogP contribution in [0.5, 0.6) is 11.5 Å². The predicted octanol–water partition coefficient (Wildman–Crippen LogP) is 8.76. The van der Waals surface area contributed by atoms with Crippen LogP contribution in [0.4, 0.5) is 0 Å². The van der Waals surface area contributed by atoms with E-state index in [4.69, 9.17) is 4.74 Å². The molecule has 2 heteroatoms. The van der Waals surface area contributed by atoms with Gasteiger partial charge in [-0.2, -0.15) is 0 Å². The van der Waals surface area contributed by atoms with Gasteiger partial charge in [-0.05, 0) is 77.3 Å². The minimum atomic E-state index is 0.533. The normalized spacial score (nSPS) is 12.7. The molecule has 0 saturated heterocycles. The molecule has 5 aromatic rings. The Morgan fingerprint density at radius 1 is 0.778 bits per heavy atom. The van der Waals surface area contributed by atoms with Crippen molar-refractivity contribution in [1.29, 1.82) is 0 Å². The van der Waals surface area contributed by atoms with Crippen LogP contribution in [0, 0.1) is 25.7 Å². The minimum Gasteiger partial charge on any atom is -0.455 e. The second kappa shape index (κ2) is 8.34. The SMILES string of the molecule is Cc1ccc2c(CC(C)C)c3c(c(C)c2c1)-c1c2c(cc4cc(CC(C)C)ccc4c2cc[n+]1C)O3. The fraction of sp³-hybridized carbons (Fsp3) is 0.324. The Labute approximate surface area is 214 Å². The summed E-state index contributed by atoms with van der Waals surface area (Å²) >= 11 is 0. The summed E-state index contributed by atoms with van der Waals surface area (Å²) in [6.45, 7) is 13.6. The number of fused-ring (bicyclic) bond motifs is 5. The fourth-order valence-electron chi connectivity index (χ4n) is 6.22. The number of benzene rings is 4. The van der Waals surface area contributed by atoms with E-state index in [1.54, 1.807) is 0 Å². The maximum absolute atomic E-state index is 6.97. The Morgan fingerprint density at radius 2 is 1.53 bits per heavy atom. The number of hydrogen-bond acceptors (Lipinski definition) is 1. The summed E-state index contributed by atoms with van der Waals surface area (Å²) in [4.78, 5) is 0. The van der Waals surface area contributed by atoms with E-state index >= 15 is 0 Å². The van der Waals surface area contributed by atoms with Crippen LogP contribution in [0.3, 0.4) is 0 Å². The van der Waals surface area contributed by atoms with Crippen molar-refractivity contribution >= 4 is 32.3 Å². The zero-order chi connectivity index (χ0) is 25.3. The van der Waals surface area contributed by atoms with E-state index in [9.17, 15) is 0 Å². The largest absolute Gasteiger partial charge is 0.455 e. The van der Waals surface area contributed by atoms with Crippen LogP contribution in [0.25, 0.3) is 43.6 Å². The molecule has 4 aromatic carbocycles. The van der Waals surface area contributed by atoms with E-state index in [-0.39, 0.29) is 0 Å². The quantitative estimate of drug-likeness (QED) is 0.184. The van der Waals surface area contributed by atoms with Gasteiger partial charge in [-0.1, -0.05) is 69.7 Å². The van der Waals surface area contributed by atoms with Gasteiger partial charge in [0.2, 0.25) is 5.69 Å². The van der Waals surface area contributed by atoms with Crippen LogP contribution in [0.1, 0.15) is 49.9 Å². The number of ether oxygens (including phenoxy) is 1. The molecule has 0 amide bonds. The lowest BCUT2D eigenvalue weighted by Gasteiger charge is -2.26. The molecule has 36 heavy (non-hydrogen) atoms. The molecule has 0 aliphatic carbocycles. The van der Waals surface area contributed by atoms with Crippen LogP contribution >= 0.6 is 0 Å². The number of aryl methyl sites for hydroxylation is 3. The van der Waals surface area contributed by atoms with Gasteiger partial charge in [-0.3, -0.25) is 0 Å².